The summed E-state index contributed by atoms with van der Waals surface area (Å²) < 4.78 is 13.7. The number of hydrogen-bond acceptors (Lipinski definition) is 5. The van der Waals surface area contributed by atoms with Gasteiger partial charge in [-0.15, -0.1) is 5.10 Å². The lowest BCUT2D eigenvalue weighted by Crippen LogP contribution is -2.02. The van der Waals surface area contributed by atoms with Crippen molar-refractivity contribution < 1.29 is 14.3 Å². The molecule has 0 amide bonds. The first-order valence-electron chi connectivity index (χ1n) is 5.13. The molecule has 0 aliphatic carbocycles. The SMILES string of the molecule is N#Cc1ccnnc1Nc1ccc(C(=O)O)cc1F. The van der Waals surface area contributed by atoms with Crippen LogP contribution in [0.2, 0.25) is 0 Å². The number of halogens is 1. The molecule has 1 heterocycles. The Morgan fingerprint density at radius 3 is 2.84 bits per heavy atom. The van der Waals surface area contributed by atoms with Gasteiger partial charge in [0.25, 0.3) is 0 Å². The quantitative estimate of drug-likeness (QED) is 0.872. The van der Waals surface area contributed by atoms with Crippen molar-refractivity contribution >= 4 is 17.5 Å². The first-order valence-corrected chi connectivity index (χ1v) is 5.13. The van der Waals surface area contributed by atoms with Gasteiger partial charge in [-0.1, -0.05) is 0 Å². The third-order valence-corrected chi connectivity index (χ3v) is 2.31. The summed E-state index contributed by atoms with van der Waals surface area (Å²) in [6.07, 6.45) is 1.34. The molecule has 94 valence electrons. The molecule has 0 unspecified atom stereocenters. The van der Waals surface area contributed by atoms with Crippen molar-refractivity contribution in [3.8, 4) is 6.07 Å². The van der Waals surface area contributed by atoms with Crippen molar-refractivity contribution in [3.63, 3.8) is 0 Å². The second-order valence-electron chi connectivity index (χ2n) is 3.53. The number of carbonyl (C=O) groups is 1. The van der Waals surface area contributed by atoms with Crippen LogP contribution in [0.1, 0.15) is 15.9 Å². The van der Waals surface area contributed by atoms with Crippen LogP contribution in [0.3, 0.4) is 0 Å². The molecular formula is C12H7FN4O2. The number of rotatable bonds is 3. The molecule has 2 rings (SSSR count). The van der Waals surface area contributed by atoms with Crippen LogP contribution in [0.25, 0.3) is 0 Å². The van der Waals surface area contributed by atoms with Gasteiger partial charge in [-0.25, -0.2) is 9.18 Å². The van der Waals surface area contributed by atoms with E-state index in [1.54, 1.807) is 0 Å². The maximum absolute atomic E-state index is 13.7. The molecular weight excluding hydrogens is 251 g/mol. The van der Waals surface area contributed by atoms with Crippen LogP contribution < -0.4 is 5.32 Å². The Bertz CT molecular complexity index is 682. The fourth-order valence-electron chi connectivity index (χ4n) is 1.39. The van der Waals surface area contributed by atoms with Crippen molar-refractivity contribution in [1.82, 2.24) is 10.2 Å². The van der Waals surface area contributed by atoms with Crippen molar-refractivity contribution in [2.24, 2.45) is 0 Å². The molecule has 19 heavy (non-hydrogen) atoms. The summed E-state index contributed by atoms with van der Waals surface area (Å²) in [5.41, 5.74) is 0.0569. The van der Waals surface area contributed by atoms with E-state index in [9.17, 15) is 9.18 Å². The minimum Gasteiger partial charge on any atom is -0.478 e. The van der Waals surface area contributed by atoms with E-state index in [-0.39, 0.29) is 22.6 Å². The summed E-state index contributed by atoms with van der Waals surface area (Å²) in [6.45, 7) is 0. The van der Waals surface area contributed by atoms with Gasteiger partial charge in [0.2, 0.25) is 0 Å². The number of nitrogens with one attached hydrogen (secondary N) is 1. The van der Waals surface area contributed by atoms with Crippen LogP contribution in [0.15, 0.2) is 30.5 Å². The van der Waals surface area contributed by atoms with Crippen molar-refractivity contribution in [2.45, 2.75) is 0 Å². The fraction of sp³-hybridized carbons (Fsp3) is 0. The molecule has 0 atom stereocenters. The van der Waals surface area contributed by atoms with E-state index in [2.05, 4.69) is 15.5 Å². The molecule has 0 aliphatic rings. The molecule has 0 saturated heterocycles. The molecule has 1 aromatic carbocycles. The molecule has 0 radical (unpaired) electrons. The Labute approximate surface area is 107 Å². The number of carboxylic acids is 1. The molecule has 0 spiro atoms. The highest BCUT2D eigenvalue weighted by molar-refractivity contribution is 5.88. The normalized spacial score (nSPS) is 9.68. The predicted molar refractivity (Wildman–Crippen MR) is 63.4 cm³/mol. The Hall–Kier alpha value is -3.01. The van der Waals surface area contributed by atoms with Crippen LogP contribution in [0.5, 0.6) is 0 Å². The first-order chi connectivity index (χ1) is 9.11. The first kappa shape index (κ1) is 12.4. The topological polar surface area (TPSA) is 98.9 Å². The highest BCUT2D eigenvalue weighted by atomic mass is 19.1. The highest BCUT2D eigenvalue weighted by Gasteiger charge is 2.10. The Morgan fingerprint density at radius 2 is 2.21 bits per heavy atom. The summed E-state index contributed by atoms with van der Waals surface area (Å²) in [5, 5.41) is 27.4. The lowest BCUT2D eigenvalue weighted by Gasteiger charge is -2.07. The lowest BCUT2D eigenvalue weighted by atomic mass is 10.2. The fourth-order valence-corrected chi connectivity index (χ4v) is 1.39. The van der Waals surface area contributed by atoms with Crippen LogP contribution in [-0.4, -0.2) is 21.3 Å². The van der Waals surface area contributed by atoms with E-state index in [0.717, 1.165) is 6.07 Å². The minimum absolute atomic E-state index is 0.0157. The lowest BCUT2D eigenvalue weighted by molar-refractivity contribution is 0.0696. The summed E-state index contributed by atoms with van der Waals surface area (Å²) >= 11 is 0. The van der Waals surface area contributed by atoms with Gasteiger partial charge in [0.1, 0.15) is 11.9 Å². The van der Waals surface area contributed by atoms with Crippen molar-refractivity contribution in [2.75, 3.05) is 5.32 Å². The maximum atomic E-state index is 13.7. The zero-order valence-corrected chi connectivity index (χ0v) is 9.46. The zero-order chi connectivity index (χ0) is 13.8. The van der Waals surface area contributed by atoms with E-state index in [4.69, 9.17) is 10.4 Å². The van der Waals surface area contributed by atoms with Gasteiger partial charge in [-0.2, -0.15) is 10.4 Å². The summed E-state index contributed by atoms with van der Waals surface area (Å²) in [7, 11) is 0. The van der Waals surface area contributed by atoms with E-state index in [1.807, 2.05) is 6.07 Å². The molecule has 0 fully saturated rings. The number of hydrogen-bond donors (Lipinski definition) is 2. The Kier molecular flexibility index (Phi) is 3.34. The summed E-state index contributed by atoms with van der Waals surface area (Å²) in [5.74, 6) is -1.87. The van der Waals surface area contributed by atoms with E-state index >= 15 is 0 Å². The molecule has 0 saturated carbocycles. The Morgan fingerprint density at radius 1 is 1.42 bits per heavy atom. The number of nitrogens with zero attached hydrogens (tertiary/aromatic N) is 3. The smallest absolute Gasteiger partial charge is 0.335 e. The zero-order valence-electron chi connectivity index (χ0n) is 9.46. The van der Waals surface area contributed by atoms with Crippen LogP contribution in [0, 0.1) is 17.1 Å². The second-order valence-corrected chi connectivity index (χ2v) is 3.53. The number of nitriles is 1. The number of aromatic nitrogens is 2. The van der Waals surface area contributed by atoms with Gasteiger partial charge in [0, 0.05) is 0 Å². The largest absolute Gasteiger partial charge is 0.478 e. The monoisotopic (exact) mass is 258 g/mol. The van der Waals surface area contributed by atoms with Crippen LogP contribution in [0.4, 0.5) is 15.9 Å². The van der Waals surface area contributed by atoms with Crippen LogP contribution >= 0.6 is 0 Å². The van der Waals surface area contributed by atoms with Crippen molar-refractivity contribution in [3.05, 3.63) is 47.4 Å². The summed E-state index contributed by atoms with van der Waals surface area (Å²) in [6, 6.07) is 6.70. The van der Waals surface area contributed by atoms with Gasteiger partial charge in [0.05, 0.1) is 23.0 Å². The standard InChI is InChI=1S/C12H7FN4O2/c13-9-5-7(12(18)19)1-2-10(9)16-11-8(6-14)3-4-15-17-11/h1-5H,(H,16,17)(H,18,19). The van der Waals surface area contributed by atoms with Gasteiger partial charge < -0.3 is 10.4 Å². The third kappa shape index (κ3) is 2.63. The van der Waals surface area contributed by atoms with Crippen molar-refractivity contribution in [1.29, 1.82) is 5.26 Å². The average molecular weight is 258 g/mol. The van der Waals surface area contributed by atoms with Gasteiger partial charge >= 0.3 is 5.97 Å². The van der Waals surface area contributed by atoms with E-state index in [1.165, 1.54) is 24.4 Å². The number of anilines is 2. The molecule has 6 nitrogen and oxygen atoms in total. The Balaban J connectivity index is 2.34. The van der Waals surface area contributed by atoms with Gasteiger partial charge in [-0.05, 0) is 24.3 Å². The van der Waals surface area contributed by atoms with Crippen LogP contribution in [-0.2, 0) is 0 Å². The third-order valence-electron chi connectivity index (χ3n) is 2.31. The number of benzene rings is 1. The van der Waals surface area contributed by atoms with E-state index in [0.29, 0.717) is 0 Å². The highest BCUT2D eigenvalue weighted by Crippen LogP contribution is 2.21. The molecule has 2 aromatic rings. The predicted octanol–water partition coefficient (Wildman–Crippen LogP) is 1.93. The number of aromatic carboxylic acids is 1. The molecule has 0 aliphatic heterocycles. The minimum atomic E-state index is -1.22. The van der Waals surface area contributed by atoms with Gasteiger partial charge in [-0.3, -0.25) is 0 Å². The molecule has 1 aromatic heterocycles. The average Bonchev–Trinajstić information content (AvgIpc) is 2.41. The molecule has 2 N–H and O–H groups in total. The van der Waals surface area contributed by atoms with Gasteiger partial charge in [0.15, 0.2) is 5.82 Å². The number of carboxylic acid groups (broad SMARTS) is 1. The van der Waals surface area contributed by atoms with E-state index < -0.39 is 11.8 Å². The molecule has 7 heteroatoms. The summed E-state index contributed by atoms with van der Waals surface area (Å²) in [4.78, 5) is 10.7. The molecule has 0 bridgehead atoms. The second kappa shape index (κ2) is 5.10. The maximum Gasteiger partial charge on any atom is 0.335 e.